The number of thiophene rings is 1. The van der Waals surface area contributed by atoms with E-state index < -0.39 is 5.97 Å². The quantitative estimate of drug-likeness (QED) is 0.894. The number of aromatic nitrogens is 2. The van der Waals surface area contributed by atoms with E-state index in [1.165, 1.54) is 0 Å². The first-order chi connectivity index (χ1) is 11.2. The summed E-state index contributed by atoms with van der Waals surface area (Å²) in [4.78, 5) is 24.3. The Bertz CT molecular complexity index is 722. The molecule has 2 aromatic rings. The molecule has 0 spiro atoms. The fourth-order valence-electron chi connectivity index (χ4n) is 3.47. The number of carbonyl (C=O) groups is 1. The van der Waals surface area contributed by atoms with Crippen molar-refractivity contribution in [3.05, 3.63) is 17.8 Å². The monoisotopic (exact) mass is 334 g/mol. The van der Waals surface area contributed by atoms with Crippen LogP contribution in [-0.4, -0.2) is 71.4 Å². The van der Waals surface area contributed by atoms with E-state index in [-0.39, 0.29) is 18.5 Å². The molecule has 0 radical (unpaired) electrons. The maximum atomic E-state index is 11.1. The van der Waals surface area contributed by atoms with E-state index in [0.717, 1.165) is 35.7 Å². The molecule has 4 heterocycles. The van der Waals surface area contributed by atoms with Crippen molar-refractivity contribution >= 4 is 33.3 Å². The van der Waals surface area contributed by atoms with Crippen molar-refractivity contribution < 1.29 is 14.6 Å². The molecule has 4 rings (SSSR count). The summed E-state index contributed by atoms with van der Waals surface area (Å²) >= 11 is 1.65. The van der Waals surface area contributed by atoms with Gasteiger partial charge in [-0.05, 0) is 11.4 Å². The zero-order valence-corrected chi connectivity index (χ0v) is 13.4. The highest BCUT2D eigenvalue weighted by Gasteiger charge is 2.35. The highest BCUT2D eigenvalue weighted by atomic mass is 32.1. The Morgan fingerprint density at radius 3 is 3.13 bits per heavy atom. The average molecular weight is 334 g/mol. The minimum Gasteiger partial charge on any atom is -0.480 e. The van der Waals surface area contributed by atoms with Crippen molar-refractivity contribution in [1.29, 1.82) is 0 Å². The SMILES string of the molecule is O=C(O)CN1C[C@H]2COC[C@@H]1CN(c1ncnc3ccsc13)C2. The minimum atomic E-state index is -0.785. The highest BCUT2D eigenvalue weighted by molar-refractivity contribution is 7.17. The summed E-state index contributed by atoms with van der Waals surface area (Å²) in [5.41, 5.74) is 0.966. The second-order valence-electron chi connectivity index (χ2n) is 6.12. The van der Waals surface area contributed by atoms with Crippen molar-refractivity contribution in [3.63, 3.8) is 0 Å². The number of ether oxygens (including phenoxy) is 1. The van der Waals surface area contributed by atoms with Gasteiger partial charge in [0.25, 0.3) is 0 Å². The van der Waals surface area contributed by atoms with E-state index in [2.05, 4.69) is 14.9 Å². The van der Waals surface area contributed by atoms with E-state index in [0.29, 0.717) is 13.2 Å². The second kappa shape index (κ2) is 6.03. The van der Waals surface area contributed by atoms with E-state index in [9.17, 15) is 4.79 Å². The Morgan fingerprint density at radius 2 is 2.26 bits per heavy atom. The molecular formula is C15H18N4O3S. The van der Waals surface area contributed by atoms with Crippen LogP contribution in [0, 0.1) is 5.92 Å². The minimum absolute atomic E-state index is 0.0660. The van der Waals surface area contributed by atoms with E-state index >= 15 is 0 Å². The van der Waals surface area contributed by atoms with Crippen LogP contribution in [0.15, 0.2) is 17.8 Å². The highest BCUT2D eigenvalue weighted by Crippen LogP contribution is 2.31. The maximum Gasteiger partial charge on any atom is 0.317 e. The molecule has 2 aromatic heterocycles. The third-order valence-corrected chi connectivity index (χ3v) is 5.34. The number of nitrogens with zero attached hydrogens (tertiary/aromatic N) is 4. The van der Waals surface area contributed by atoms with Gasteiger partial charge in [-0.2, -0.15) is 0 Å². The van der Waals surface area contributed by atoms with Crippen LogP contribution in [0.1, 0.15) is 0 Å². The Morgan fingerprint density at radius 1 is 1.35 bits per heavy atom. The smallest absolute Gasteiger partial charge is 0.317 e. The number of hydrogen-bond donors (Lipinski definition) is 1. The first-order valence-corrected chi connectivity index (χ1v) is 8.55. The molecule has 2 aliphatic heterocycles. The molecule has 0 aliphatic carbocycles. The maximum absolute atomic E-state index is 11.1. The van der Waals surface area contributed by atoms with Gasteiger partial charge in [-0.1, -0.05) is 0 Å². The van der Waals surface area contributed by atoms with Gasteiger partial charge >= 0.3 is 5.97 Å². The van der Waals surface area contributed by atoms with Gasteiger partial charge in [0.05, 0.1) is 36.0 Å². The largest absolute Gasteiger partial charge is 0.480 e. The van der Waals surface area contributed by atoms with Crippen LogP contribution in [0.25, 0.3) is 10.2 Å². The zero-order valence-electron chi connectivity index (χ0n) is 12.6. The van der Waals surface area contributed by atoms with Gasteiger partial charge in [0.1, 0.15) is 12.1 Å². The summed E-state index contributed by atoms with van der Waals surface area (Å²) in [5, 5.41) is 11.2. The Balaban J connectivity index is 1.66. The summed E-state index contributed by atoms with van der Waals surface area (Å²) in [7, 11) is 0. The predicted octanol–water partition coefficient (Wildman–Crippen LogP) is 0.913. The zero-order chi connectivity index (χ0) is 15.8. The molecule has 7 nitrogen and oxygen atoms in total. The fraction of sp³-hybridized carbons (Fsp3) is 0.533. The molecule has 0 aromatic carbocycles. The number of anilines is 1. The molecular weight excluding hydrogens is 316 g/mol. The van der Waals surface area contributed by atoms with Crippen LogP contribution in [-0.2, 0) is 9.53 Å². The summed E-state index contributed by atoms with van der Waals surface area (Å²) in [6.45, 7) is 3.62. The summed E-state index contributed by atoms with van der Waals surface area (Å²) in [6, 6.07) is 2.08. The van der Waals surface area contributed by atoms with E-state index in [1.54, 1.807) is 17.7 Å². The molecule has 2 bridgehead atoms. The predicted molar refractivity (Wildman–Crippen MR) is 86.9 cm³/mol. The Labute approximate surface area is 137 Å². The van der Waals surface area contributed by atoms with Crippen molar-refractivity contribution in [1.82, 2.24) is 14.9 Å². The topological polar surface area (TPSA) is 78.8 Å². The standard InChI is InChI=1S/C15H18N4O3S/c20-13(21)6-18-3-10-4-19(5-11(18)8-22-7-10)15-14-12(1-2-23-14)16-9-17-15/h1-2,9-11H,3-8H2,(H,20,21)/t10-,11+/m1/s1. The van der Waals surface area contributed by atoms with Crippen LogP contribution in [0.2, 0.25) is 0 Å². The van der Waals surface area contributed by atoms with Gasteiger partial charge in [-0.3, -0.25) is 9.69 Å². The molecule has 8 heteroatoms. The molecule has 2 aliphatic rings. The van der Waals surface area contributed by atoms with Crippen molar-refractivity contribution in [2.24, 2.45) is 5.92 Å². The van der Waals surface area contributed by atoms with Crippen LogP contribution < -0.4 is 4.90 Å². The molecule has 0 amide bonds. The molecule has 2 saturated heterocycles. The van der Waals surface area contributed by atoms with Crippen LogP contribution >= 0.6 is 11.3 Å². The van der Waals surface area contributed by atoms with Crippen molar-refractivity contribution in [3.8, 4) is 0 Å². The lowest BCUT2D eigenvalue weighted by Crippen LogP contribution is -2.46. The molecule has 23 heavy (non-hydrogen) atoms. The lowest BCUT2D eigenvalue weighted by Gasteiger charge is -2.31. The second-order valence-corrected chi connectivity index (χ2v) is 7.03. The van der Waals surface area contributed by atoms with Crippen molar-refractivity contribution in [2.45, 2.75) is 6.04 Å². The summed E-state index contributed by atoms with van der Waals surface area (Å²) in [6.07, 6.45) is 1.61. The van der Waals surface area contributed by atoms with Crippen LogP contribution in [0.5, 0.6) is 0 Å². The fourth-order valence-corrected chi connectivity index (χ4v) is 4.33. The van der Waals surface area contributed by atoms with Crippen LogP contribution in [0.4, 0.5) is 5.82 Å². The van der Waals surface area contributed by atoms with Gasteiger partial charge in [0, 0.05) is 25.6 Å². The third kappa shape index (κ3) is 2.89. The Hall–Kier alpha value is -1.77. The number of carboxylic acids is 1. The molecule has 2 fully saturated rings. The molecule has 2 atom stereocenters. The van der Waals surface area contributed by atoms with E-state index in [1.807, 2.05) is 16.3 Å². The lowest BCUT2D eigenvalue weighted by molar-refractivity contribution is -0.138. The average Bonchev–Trinajstić information content (AvgIpc) is 2.82. The van der Waals surface area contributed by atoms with E-state index in [4.69, 9.17) is 9.84 Å². The van der Waals surface area contributed by atoms with Gasteiger partial charge in [-0.25, -0.2) is 9.97 Å². The number of hydrogen-bond acceptors (Lipinski definition) is 7. The molecule has 0 unspecified atom stereocenters. The number of fused-ring (bicyclic) bond motifs is 4. The van der Waals surface area contributed by atoms with Gasteiger partial charge in [0.2, 0.25) is 0 Å². The van der Waals surface area contributed by atoms with Crippen LogP contribution in [0.3, 0.4) is 0 Å². The van der Waals surface area contributed by atoms with Gasteiger partial charge in [-0.15, -0.1) is 11.3 Å². The molecule has 0 saturated carbocycles. The lowest BCUT2D eigenvalue weighted by atomic mass is 10.1. The first-order valence-electron chi connectivity index (χ1n) is 7.67. The van der Waals surface area contributed by atoms with Gasteiger partial charge < -0.3 is 14.7 Å². The normalized spacial score (nSPS) is 25.5. The Kier molecular flexibility index (Phi) is 3.88. The number of aliphatic carboxylic acids is 1. The van der Waals surface area contributed by atoms with Crippen molar-refractivity contribution in [2.75, 3.05) is 44.3 Å². The van der Waals surface area contributed by atoms with Gasteiger partial charge in [0.15, 0.2) is 0 Å². The molecule has 1 N–H and O–H groups in total. The summed E-state index contributed by atoms with van der Waals surface area (Å²) in [5.74, 6) is 0.456. The molecule has 122 valence electrons. The number of rotatable bonds is 3. The number of carboxylic acid groups (broad SMARTS) is 1. The summed E-state index contributed by atoms with van der Waals surface area (Å²) < 4.78 is 6.83. The first kappa shape index (κ1) is 14.8. The third-order valence-electron chi connectivity index (χ3n) is 4.44.